The Labute approximate surface area is 128 Å². The first-order valence-corrected chi connectivity index (χ1v) is 8.31. The van der Waals surface area contributed by atoms with Crippen LogP contribution in [0.2, 0.25) is 0 Å². The second kappa shape index (κ2) is 7.01. The summed E-state index contributed by atoms with van der Waals surface area (Å²) >= 11 is 0. The van der Waals surface area contributed by atoms with Gasteiger partial charge in [-0.3, -0.25) is 4.55 Å². The van der Waals surface area contributed by atoms with E-state index in [1.165, 1.54) is 0 Å². The predicted octanol–water partition coefficient (Wildman–Crippen LogP) is 2.31. The topological polar surface area (TPSA) is 89.9 Å². The predicted molar refractivity (Wildman–Crippen MR) is 74.0 cm³/mol. The molecule has 0 aromatic heterocycles. The van der Waals surface area contributed by atoms with Crippen LogP contribution in [0.1, 0.15) is 39.0 Å². The normalized spacial score (nSPS) is 18.2. The molecule has 0 unspecified atom stereocenters. The Hall–Kier alpha value is -1.06. The maximum atomic E-state index is 12.9. The molecule has 0 atom stereocenters. The third-order valence-corrected chi connectivity index (χ3v) is 4.55. The van der Waals surface area contributed by atoms with Crippen molar-refractivity contribution in [3.8, 4) is 0 Å². The van der Waals surface area contributed by atoms with Crippen molar-refractivity contribution in [3.63, 3.8) is 0 Å². The molecule has 0 bridgehead atoms. The van der Waals surface area contributed by atoms with Gasteiger partial charge in [0.2, 0.25) is 0 Å². The van der Waals surface area contributed by atoms with E-state index in [0.29, 0.717) is 6.42 Å². The molecule has 6 nitrogen and oxygen atoms in total. The summed E-state index contributed by atoms with van der Waals surface area (Å²) in [7, 11) is -5.56. The van der Waals surface area contributed by atoms with E-state index in [9.17, 15) is 22.0 Å². The summed E-state index contributed by atoms with van der Waals surface area (Å²) in [5.41, 5.74) is -0.732. The van der Waals surface area contributed by atoms with Gasteiger partial charge in [-0.2, -0.15) is 17.2 Å². The van der Waals surface area contributed by atoms with Gasteiger partial charge in [0.1, 0.15) is 12.2 Å². The molecule has 1 rings (SSSR count). The summed E-state index contributed by atoms with van der Waals surface area (Å²) in [6, 6.07) is 0. The van der Waals surface area contributed by atoms with Crippen LogP contribution in [0.4, 0.5) is 8.78 Å². The van der Waals surface area contributed by atoms with Crippen molar-refractivity contribution in [3.05, 3.63) is 12.2 Å². The molecule has 1 aliphatic rings. The van der Waals surface area contributed by atoms with Crippen LogP contribution >= 0.6 is 0 Å². The Morgan fingerprint density at radius 1 is 1.36 bits per heavy atom. The molecule has 0 aromatic rings. The SMILES string of the molecule is C=C(COCC(F)(F)S(=O)(=O)O)C(=O)OC1(CC)CCCC1. The third kappa shape index (κ3) is 4.72. The van der Waals surface area contributed by atoms with Crippen molar-refractivity contribution in [2.75, 3.05) is 13.2 Å². The smallest absolute Gasteiger partial charge is 0.392 e. The number of alkyl halides is 2. The number of halogens is 2. The van der Waals surface area contributed by atoms with Crippen molar-refractivity contribution >= 4 is 16.1 Å². The largest absolute Gasteiger partial charge is 0.456 e. The number of carbonyl (C=O) groups excluding carboxylic acids is 1. The Kier molecular flexibility index (Phi) is 6.05. The molecule has 0 aromatic carbocycles. The summed E-state index contributed by atoms with van der Waals surface area (Å²) in [6.45, 7) is 3.10. The molecule has 1 fully saturated rings. The fourth-order valence-corrected chi connectivity index (χ4v) is 2.47. The van der Waals surface area contributed by atoms with Gasteiger partial charge in [0.05, 0.1) is 12.2 Å². The van der Waals surface area contributed by atoms with Gasteiger partial charge >= 0.3 is 21.3 Å². The van der Waals surface area contributed by atoms with Crippen LogP contribution in [0.3, 0.4) is 0 Å². The molecule has 0 heterocycles. The number of ether oxygens (including phenoxy) is 2. The van der Waals surface area contributed by atoms with Crippen molar-refractivity contribution in [2.24, 2.45) is 0 Å². The molecule has 0 radical (unpaired) electrons. The maximum Gasteiger partial charge on any atom is 0.392 e. The average molecular weight is 342 g/mol. The van der Waals surface area contributed by atoms with Crippen LogP contribution in [-0.2, 0) is 24.4 Å². The highest BCUT2D eigenvalue weighted by molar-refractivity contribution is 7.86. The van der Waals surface area contributed by atoms with Gasteiger partial charge in [0.25, 0.3) is 0 Å². The van der Waals surface area contributed by atoms with E-state index in [1.807, 2.05) is 6.92 Å². The molecule has 1 aliphatic carbocycles. The van der Waals surface area contributed by atoms with Gasteiger partial charge in [-0.25, -0.2) is 4.79 Å². The first-order valence-electron chi connectivity index (χ1n) is 6.87. The number of rotatable bonds is 8. The molecule has 9 heteroatoms. The van der Waals surface area contributed by atoms with E-state index in [-0.39, 0.29) is 5.57 Å². The monoisotopic (exact) mass is 342 g/mol. The Morgan fingerprint density at radius 3 is 2.36 bits per heavy atom. The van der Waals surface area contributed by atoms with E-state index in [4.69, 9.17) is 9.29 Å². The molecular formula is C13H20F2O6S. The van der Waals surface area contributed by atoms with E-state index >= 15 is 0 Å². The first kappa shape index (κ1) is 19.0. The fraction of sp³-hybridized carbons (Fsp3) is 0.769. The summed E-state index contributed by atoms with van der Waals surface area (Å²) in [6.07, 6.45) is 4.03. The highest BCUT2D eigenvalue weighted by Crippen LogP contribution is 2.36. The molecule has 0 aliphatic heterocycles. The molecule has 22 heavy (non-hydrogen) atoms. The average Bonchev–Trinajstić information content (AvgIpc) is 2.86. The van der Waals surface area contributed by atoms with Gasteiger partial charge in [-0.15, -0.1) is 0 Å². The second-order valence-corrected chi connectivity index (χ2v) is 6.89. The summed E-state index contributed by atoms with van der Waals surface area (Å²) in [5, 5.41) is -4.44. The lowest BCUT2D eigenvalue weighted by Gasteiger charge is -2.28. The van der Waals surface area contributed by atoms with Gasteiger partial charge in [-0.05, 0) is 32.1 Å². The minimum atomic E-state index is -5.56. The molecule has 1 N–H and O–H groups in total. The fourth-order valence-electron chi connectivity index (χ4n) is 2.24. The van der Waals surface area contributed by atoms with Crippen molar-refractivity contribution < 1.29 is 36.0 Å². The van der Waals surface area contributed by atoms with E-state index in [2.05, 4.69) is 11.3 Å². The van der Waals surface area contributed by atoms with Crippen LogP contribution in [0, 0.1) is 0 Å². The quantitative estimate of drug-likeness (QED) is 0.413. The van der Waals surface area contributed by atoms with Crippen LogP contribution in [0.25, 0.3) is 0 Å². The lowest BCUT2D eigenvalue weighted by Crippen LogP contribution is -2.35. The Morgan fingerprint density at radius 2 is 1.91 bits per heavy atom. The lowest BCUT2D eigenvalue weighted by atomic mass is 9.99. The zero-order chi connectivity index (χ0) is 17.0. The first-order chi connectivity index (χ1) is 10.0. The van der Waals surface area contributed by atoms with Gasteiger partial charge < -0.3 is 9.47 Å². The number of esters is 1. The summed E-state index contributed by atoms with van der Waals surface area (Å²) < 4.78 is 64.7. The van der Waals surface area contributed by atoms with Crippen molar-refractivity contribution in [1.82, 2.24) is 0 Å². The Bertz CT molecular complexity index is 523. The summed E-state index contributed by atoms with van der Waals surface area (Å²) in [4.78, 5) is 11.9. The number of hydrogen-bond donors (Lipinski definition) is 1. The maximum absolute atomic E-state index is 12.9. The zero-order valence-electron chi connectivity index (χ0n) is 12.3. The minimum absolute atomic E-state index is 0.189. The number of hydrogen-bond acceptors (Lipinski definition) is 5. The van der Waals surface area contributed by atoms with Gasteiger partial charge in [0.15, 0.2) is 0 Å². The number of carbonyl (C=O) groups is 1. The highest BCUT2D eigenvalue weighted by atomic mass is 32.2. The van der Waals surface area contributed by atoms with Gasteiger partial charge in [-0.1, -0.05) is 13.5 Å². The molecular weight excluding hydrogens is 322 g/mol. The van der Waals surface area contributed by atoms with E-state index in [0.717, 1.165) is 25.7 Å². The zero-order valence-corrected chi connectivity index (χ0v) is 13.1. The van der Waals surface area contributed by atoms with E-state index < -0.39 is 40.2 Å². The van der Waals surface area contributed by atoms with Crippen LogP contribution in [0.5, 0.6) is 0 Å². The van der Waals surface area contributed by atoms with Crippen molar-refractivity contribution in [2.45, 2.75) is 49.9 Å². The molecule has 0 saturated heterocycles. The van der Waals surface area contributed by atoms with Crippen LogP contribution < -0.4 is 0 Å². The van der Waals surface area contributed by atoms with Crippen LogP contribution in [-0.4, -0.2) is 43.0 Å². The van der Waals surface area contributed by atoms with Gasteiger partial charge in [0, 0.05) is 0 Å². The molecule has 1 saturated carbocycles. The van der Waals surface area contributed by atoms with E-state index in [1.54, 1.807) is 0 Å². The Balaban J connectivity index is 2.47. The highest BCUT2D eigenvalue weighted by Gasteiger charge is 2.44. The molecule has 128 valence electrons. The standard InChI is InChI=1S/C13H20F2O6S/c1-3-12(6-4-5-7-12)21-11(16)10(2)8-20-9-13(14,15)22(17,18)19/h2-9H2,1H3,(H,17,18,19). The summed E-state index contributed by atoms with van der Waals surface area (Å²) in [5.74, 6) is -0.751. The second-order valence-electron chi connectivity index (χ2n) is 5.34. The minimum Gasteiger partial charge on any atom is -0.456 e. The molecule has 0 spiro atoms. The van der Waals surface area contributed by atoms with Crippen molar-refractivity contribution in [1.29, 1.82) is 0 Å². The third-order valence-electron chi connectivity index (χ3n) is 3.68. The lowest BCUT2D eigenvalue weighted by molar-refractivity contribution is -0.155. The molecule has 0 amide bonds. The van der Waals surface area contributed by atoms with Crippen LogP contribution in [0.15, 0.2) is 12.2 Å².